The van der Waals surface area contributed by atoms with Crippen LogP contribution in [0.15, 0.2) is 61.2 Å². The SMILES string of the molecule is C=C(CC1CCNCC1)Nc1cncc(/C(C)=C/C=c2/[nH]nc(-c3nc4c(-c5ccc(C)s5)nccc4[nH]3)c2=C)c1. The lowest BCUT2D eigenvalue weighted by Gasteiger charge is -2.23. The van der Waals surface area contributed by atoms with Gasteiger partial charge >= 0.3 is 0 Å². The number of imidazole rings is 1. The Morgan fingerprint density at radius 2 is 2.02 bits per heavy atom. The van der Waals surface area contributed by atoms with Gasteiger partial charge in [0, 0.05) is 28.2 Å². The molecule has 41 heavy (non-hydrogen) atoms. The minimum Gasteiger partial charge on any atom is -0.358 e. The molecule has 0 amide bonds. The van der Waals surface area contributed by atoms with Crippen LogP contribution in [-0.4, -0.2) is 43.2 Å². The molecular formula is C32H34N8S. The quantitative estimate of drug-likeness (QED) is 0.202. The summed E-state index contributed by atoms with van der Waals surface area (Å²) in [5, 5.41) is 16.1. The lowest BCUT2D eigenvalue weighted by Crippen LogP contribution is -2.28. The highest BCUT2D eigenvalue weighted by Crippen LogP contribution is 2.31. The van der Waals surface area contributed by atoms with Crippen LogP contribution in [0.25, 0.3) is 51.4 Å². The second-order valence-corrected chi connectivity index (χ2v) is 11.9. The summed E-state index contributed by atoms with van der Waals surface area (Å²) in [5.74, 6) is 1.35. The number of fused-ring (bicyclic) bond motifs is 1. The summed E-state index contributed by atoms with van der Waals surface area (Å²) in [5.41, 5.74) is 7.40. The minimum atomic E-state index is 0.664. The van der Waals surface area contributed by atoms with Crippen molar-refractivity contribution in [1.82, 2.24) is 35.5 Å². The van der Waals surface area contributed by atoms with Crippen molar-refractivity contribution in [3.63, 3.8) is 0 Å². The fourth-order valence-corrected chi connectivity index (χ4v) is 6.09. The average Bonchev–Trinajstić information content (AvgIpc) is 3.70. The normalized spacial score (nSPS) is 15.1. The Morgan fingerprint density at radius 3 is 2.83 bits per heavy atom. The first-order chi connectivity index (χ1) is 19.9. The molecule has 8 nitrogen and oxygen atoms in total. The summed E-state index contributed by atoms with van der Waals surface area (Å²) in [4.78, 5) is 19.7. The molecule has 208 valence electrons. The van der Waals surface area contributed by atoms with Crippen molar-refractivity contribution < 1.29 is 0 Å². The molecule has 0 saturated carbocycles. The Bertz CT molecular complexity index is 1850. The first-order valence-corrected chi connectivity index (χ1v) is 14.7. The number of nitrogens with zero attached hydrogens (tertiary/aromatic N) is 4. The third-order valence-corrected chi connectivity index (χ3v) is 8.51. The number of pyridine rings is 2. The zero-order valence-electron chi connectivity index (χ0n) is 23.4. The third kappa shape index (κ3) is 5.91. The second kappa shape index (κ2) is 11.6. The molecule has 6 rings (SSSR count). The fraction of sp³-hybridized carbons (Fsp3) is 0.250. The maximum Gasteiger partial charge on any atom is 0.159 e. The molecular weight excluding hydrogens is 528 g/mol. The lowest BCUT2D eigenvalue weighted by molar-refractivity contribution is 0.373. The summed E-state index contributed by atoms with van der Waals surface area (Å²) in [6, 6.07) is 8.23. The Labute approximate surface area is 243 Å². The molecule has 1 aliphatic rings. The number of aromatic amines is 2. The smallest absolute Gasteiger partial charge is 0.159 e. The molecule has 5 aromatic rings. The first kappa shape index (κ1) is 26.9. The second-order valence-electron chi connectivity index (χ2n) is 10.6. The van der Waals surface area contributed by atoms with Gasteiger partial charge in [0.25, 0.3) is 0 Å². The first-order valence-electron chi connectivity index (χ1n) is 13.9. The van der Waals surface area contributed by atoms with Crippen LogP contribution < -0.4 is 21.2 Å². The van der Waals surface area contributed by atoms with E-state index in [-0.39, 0.29) is 0 Å². The van der Waals surface area contributed by atoms with Crippen LogP contribution in [0.3, 0.4) is 0 Å². The van der Waals surface area contributed by atoms with Crippen LogP contribution in [0.5, 0.6) is 0 Å². The van der Waals surface area contributed by atoms with Gasteiger partial charge in [-0.3, -0.25) is 15.1 Å². The molecule has 1 aliphatic heterocycles. The van der Waals surface area contributed by atoms with Crippen molar-refractivity contribution in [1.29, 1.82) is 0 Å². The topological polar surface area (TPSA) is 107 Å². The van der Waals surface area contributed by atoms with Crippen molar-refractivity contribution in [3.05, 3.63) is 82.2 Å². The molecule has 0 aromatic carbocycles. The molecule has 1 fully saturated rings. The molecule has 5 aromatic heterocycles. The average molecular weight is 563 g/mol. The van der Waals surface area contributed by atoms with Crippen LogP contribution >= 0.6 is 11.3 Å². The van der Waals surface area contributed by atoms with Crippen LogP contribution in [0.4, 0.5) is 5.69 Å². The highest BCUT2D eigenvalue weighted by Gasteiger charge is 2.16. The van der Waals surface area contributed by atoms with E-state index >= 15 is 0 Å². The minimum absolute atomic E-state index is 0.664. The molecule has 9 heteroatoms. The van der Waals surface area contributed by atoms with E-state index in [4.69, 9.17) is 4.98 Å². The molecule has 6 heterocycles. The Kier molecular flexibility index (Phi) is 7.63. The van der Waals surface area contributed by atoms with Crippen molar-refractivity contribution >= 4 is 46.3 Å². The predicted molar refractivity (Wildman–Crippen MR) is 170 cm³/mol. The van der Waals surface area contributed by atoms with Crippen LogP contribution in [-0.2, 0) is 0 Å². The van der Waals surface area contributed by atoms with E-state index in [1.54, 1.807) is 17.5 Å². The van der Waals surface area contributed by atoms with Gasteiger partial charge in [-0.1, -0.05) is 19.2 Å². The number of anilines is 1. The molecule has 0 spiro atoms. The van der Waals surface area contributed by atoms with Gasteiger partial charge in [-0.25, -0.2) is 4.98 Å². The summed E-state index contributed by atoms with van der Waals surface area (Å²) >= 11 is 1.71. The zero-order chi connectivity index (χ0) is 28.3. The number of aryl methyl sites for hydroxylation is 1. The number of rotatable bonds is 8. The van der Waals surface area contributed by atoms with E-state index < -0.39 is 0 Å². The van der Waals surface area contributed by atoms with Crippen molar-refractivity contribution in [2.45, 2.75) is 33.1 Å². The zero-order valence-corrected chi connectivity index (χ0v) is 24.2. The number of hydrogen-bond donors (Lipinski definition) is 4. The summed E-state index contributed by atoms with van der Waals surface area (Å²) in [7, 11) is 0. The van der Waals surface area contributed by atoms with Crippen LogP contribution in [0.2, 0.25) is 0 Å². The molecule has 0 aliphatic carbocycles. The molecule has 0 radical (unpaired) electrons. The number of aromatic nitrogens is 6. The highest BCUT2D eigenvalue weighted by molar-refractivity contribution is 7.15. The van der Waals surface area contributed by atoms with E-state index in [1.807, 2.05) is 24.5 Å². The van der Waals surface area contributed by atoms with Gasteiger partial charge in [0.1, 0.15) is 16.9 Å². The third-order valence-electron chi connectivity index (χ3n) is 7.51. The van der Waals surface area contributed by atoms with Crippen molar-refractivity contribution in [2.24, 2.45) is 5.92 Å². The lowest BCUT2D eigenvalue weighted by atomic mass is 9.93. The Morgan fingerprint density at radius 1 is 1.17 bits per heavy atom. The number of piperidine rings is 1. The summed E-state index contributed by atoms with van der Waals surface area (Å²) in [6.45, 7) is 14.9. The van der Waals surface area contributed by atoms with Gasteiger partial charge in [-0.05, 0) is 93.6 Å². The van der Waals surface area contributed by atoms with E-state index in [0.717, 1.165) is 74.2 Å². The standard InChI is InChI=1S/C32H34N8S/c1-19(24-16-25(18-34-17-24)36-20(2)15-23-9-12-33-13-10-23)5-7-26-22(4)29(40-39-26)32-37-27-11-14-35-31(30(27)38-32)28-8-6-21(3)41-28/h5-8,11,14,16-18,23,33,36,39H,2,4,9-10,12-13,15H2,1,3H3,(H,37,38)/b19-5+,26-7+. The molecule has 0 atom stereocenters. The molecule has 4 N–H and O–H groups in total. The monoisotopic (exact) mass is 562 g/mol. The van der Waals surface area contributed by atoms with Crippen molar-refractivity contribution in [3.8, 4) is 22.1 Å². The molecule has 0 unspecified atom stereocenters. The summed E-state index contributed by atoms with van der Waals surface area (Å²) in [6.07, 6.45) is 13.0. The molecule has 1 saturated heterocycles. The Balaban J connectivity index is 1.21. The maximum atomic E-state index is 4.87. The predicted octanol–water partition coefficient (Wildman–Crippen LogP) is 5.39. The van der Waals surface area contributed by atoms with Crippen LogP contribution in [0, 0.1) is 12.8 Å². The van der Waals surface area contributed by atoms with E-state index in [9.17, 15) is 0 Å². The van der Waals surface area contributed by atoms with Crippen LogP contribution in [0.1, 0.15) is 36.6 Å². The summed E-state index contributed by atoms with van der Waals surface area (Å²) < 4.78 is 0. The van der Waals surface area contributed by atoms with E-state index in [0.29, 0.717) is 17.4 Å². The van der Waals surface area contributed by atoms with E-state index in [2.05, 4.69) is 87.1 Å². The van der Waals surface area contributed by atoms with Gasteiger partial charge in [0.2, 0.25) is 0 Å². The Hall–Kier alpha value is -4.34. The largest absolute Gasteiger partial charge is 0.358 e. The number of nitrogens with one attached hydrogen (secondary N) is 4. The molecule has 0 bridgehead atoms. The van der Waals surface area contributed by atoms with Gasteiger partial charge in [-0.2, -0.15) is 5.10 Å². The fourth-order valence-electron chi connectivity index (χ4n) is 5.22. The maximum absolute atomic E-state index is 4.87. The van der Waals surface area contributed by atoms with Gasteiger partial charge in [0.05, 0.1) is 27.6 Å². The number of hydrogen-bond acceptors (Lipinski definition) is 7. The van der Waals surface area contributed by atoms with Crippen molar-refractivity contribution in [2.75, 3.05) is 18.4 Å². The number of thiophene rings is 1. The highest BCUT2D eigenvalue weighted by atomic mass is 32.1. The number of H-pyrrole nitrogens is 2. The van der Waals surface area contributed by atoms with Gasteiger partial charge in [-0.15, -0.1) is 11.3 Å². The number of allylic oxidation sites excluding steroid dienone is 3. The van der Waals surface area contributed by atoms with Gasteiger partial charge in [0.15, 0.2) is 5.82 Å². The van der Waals surface area contributed by atoms with E-state index in [1.165, 1.54) is 17.7 Å². The van der Waals surface area contributed by atoms with Gasteiger partial charge < -0.3 is 15.6 Å².